The Morgan fingerprint density at radius 1 is 1.11 bits per heavy atom. The van der Waals surface area contributed by atoms with E-state index in [1.165, 1.54) is 12.0 Å². The van der Waals surface area contributed by atoms with Crippen LogP contribution in [0.15, 0.2) is 40.3 Å². The molecule has 1 aliphatic rings. The number of hydrogen-bond donors (Lipinski definition) is 0. The van der Waals surface area contributed by atoms with Crippen LogP contribution < -0.4 is 0 Å². The summed E-state index contributed by atoms with van der Waals surface area (Å²) in [7, 11) is 0. The Kier molecular flexibility index (Phi) is 4.57. The first-order valence-electron chi connectivity index (χ1n) is 6.78. The number of benzene rings is 1. The lowest BCUT2D eigenvalue weighted by atomic mass is 9.83. The third kappa shape index (κ3) is 3.22. The number of nitrogens with zero attached hydrogens (tertiary/aromatic N) is 2. The molecule has 0 saturated heterocycles. The van der Waals surface area contributed by atoms with Gasteiger partial charge in [-0.15, -0.1) is 0 Å². The van der Waals surface area contributed by atoms with Gasteiger partial charge in [-0.3, -0.25) is 0 Å². The molecule has 2 rings (SSSR count). The highest BCUT2D eigenvalue weighted by molar-refractivity contribution is 6.18. The van der Waals surface area contributed by atoms with Gasteiger partial charge in [-0.1, -0.05) is 60.6 Å². The first kappa shape index (κ1) is 12.9. The predicted octanol–water partition coefficient (Wildman–Crippen LogP) is 3.93. The summed E-state index contributed by atoms with van der Waals surface area (Å²) in [5.41, 5.74) is 1.40. The zero-order valence-electron chi connectivity index (χ0n) is 11.2. The lowest BCUT2D eigenvalue weighted by Crippen LogP contribution is -2.19. The van der Waals surface area contributed by atoms with Crippen LogP contribution in [0, 0.1) is 18.0 Å². The lowest BCUT2D eigenvalue weighted by molar-refractivity contribution is 0.340. The van der Waals surface area contributed by atoms with E-state index in [1.54, 1.807) is 12.4 Å². The molecule has 1 aromatic carbocycles. The lowest BCUT2D eigenvalue weighted by Gasteiger charge is -2.21. The second kappa shape index (κ2) is 6.39. The molecule has 1 heterocycles. The number of rotatable bonds is 6. The fourth-order valence-corrected chi connectivity index (χ4v) is 2.55. The summed E-state index contributed by atoms with van der Waals surface area (Å²) in [6, 6.07) is 10.7. The standard InChI is InChI=1S/C16H21N2/c1-3-7-15(16-17-10-11-18-16)13(2)12-14-8-5-4-6-9-14/h4-6,8-11,13,15H,3,7,12H2,1-2H3/q+1. The Labute approximate surface area is 110 Å². The van der Waals surface area contributed by atoms with Crippen LogP contribution in [0.25, 0.3) is 0 Å². The SMILES string of the molecule is CCCC([C+]1N=CC=N1)C(C)Cc1ccccc1. The van der Waals surface area contributed by atoms with Gasteiger partial charge in [0, 0.05) is 0 Å². The van der Waals surface area contributed by atoms with Crippen molar-refractivity contribution in [3.63, 3.8) is 0 Å². The minimum Gasteiger partial charge on any atom is -0.0965 e. The molecule has 0 fully saturated rings. The van der Waals surface area contributed by atoms with Crippen molar-refractivity contribution in [2.45, 2.75) is 33.1 Å². The van der Waals surface area contributed by atoms with Gasteiger partial charge in [0.15, 0.2) is 12.4 Å². The van der Waals surface area contributed by atoms with Crippen LogP contribution in [0.3, 0.4) is 0 Å². The smallest absolute Gasteiger partial charge is 0.0965 e. The quantitative estimate of drug-likeness (QED) is 0.674. The summed E-state index contributed by atoms with van der Waals surface area (Å²) < 4.78 is 0. The molecule has 18 heavy (non-hydrogen) atoms. The van der Waals surface area contributed by atoms with E-state index in [0.29, 0.717) is 11.8 Å². The topological polar surface area (TPSA) is 24.7 Å². The molecule has 0 saturated carbocycles. The van der Waals surface area contributed by atoms with Crippen LogP contribution in [0.5, 0.6) is 0 Å². The molecule has 1 aliphatic heterocycles. The second-order valence-electron chi connectivity index (χ2n) is 4.98. The van der Waals surface area contributed by atoms with Crippen molar-refractivity contribution in [2.75, 3.05) is 0 Å². The Morgan fingerprint density at radius 3 is 2.39 bits per heavy atom. The Bertz CT molecular complexity index is 396. The average molecular weight is 241 g/mol. The van der Waals surface area contributed by atoms with E-state index < -0.39 is 0 Å². The summed E-state index contributed by atoms with van der Waals surface area (Å²) in [5, 5.41) is 0. The summed E-state index contributed by atoms with van der Waals surface area (Å²) in [6.45, 7) is 4.54. The molecule has 94 valence electrons. The summed E-state index contributed by atoms with van der Waals surface area (Å²) in [5.74, 6) is 1.06. The fourth-order valence-electron chi connectivity index (χ4n) is 2.55. The maximum Gasteiger partial charge on any atom is 0.244 e. The molecule has 0 spiro atoms. The van der Waals surface area contributed by atoms with Gasteiger partial charge in [0.05, 0.1) is 5.92 Å². The van der Waals surface area contributed by atoms with Gasteiger partial charge in [-0.05, 0) is 24.3 Å². The largest absolute Gasteiger partial charge is 0.244 e. The molecule has 0 amide bonds. The highest BCUT2D eigenvalue weighted by Crippen LogP contribution is 2.32. The Hall–Kier alpha value is -1.57. The van der Waals surface area contributed by atoms with Gasteiger partial charge < -0.3 is 0 Å². The van der Waals surface area contributed by atoms with E-state index in [4.69, 9.17) is 0 Å². The van der Waals surface area contributed by atoms with Crippen LogP contribution >= 0.6 is 0 Å². The molecular formula is C16H21N2+. The molecule has 1 aromatic rings. The van der Waals surface area contributed by atoms with Crippen LogP contribution in [0.2, 0.25) is 0 Å². The van der Waals surface area contributed by atoms with Gasteiger partial charge in [0.25, 0.3) is 0 Å². The number of aliphatic imine (C=N–C) groups is 2. The minimum absolute atomic E-state index is 0.477. The number of hydrogen-bond acceptors (Lipinski definition) is 2. The Morgan fingerprint density at radius 2 is 1.78 bits per heavy atom. The maximum atomic E-state index is 4.39. The Balaban J connectivity index is 2.01. The minimum atomic E-state index is 0.477. The monoisotopic (exact) mass is 241 g/mol. The van der Waals surface area contributed by atoms with Gasteiger partial charge in [-0.25, -0.2) is 0 Å². The molecule has 0 aromatic heterocycles. The van der Waals surface area contributed by atoms with Crippen LogP contribution in [-0.2, 0) is 6.42 Å². The summed E-state index contributed by atoms with van der Waals surface area (Å²) >= 11 is 0. The van der Waals surface area contributed by atoms with Crippen LogP contribution in [-0.4, -0.2) is 12.4 Å². The molecule has 2 nitrogen and oxygen atoms in total. The van der Waals surface area contributed by atoms with E-state index >= 15 is 0 Å². The zero-order valence-corrected chi connectivity index (χ0v) is 11.2. The van der Waals surface area contributed by atoms with E-state index in [9.17, 15) is 0 Å². The van der Waals surface area contributed by atoms with Crippen molar-refractivity contribution >= 4 is 12.4 Å². The van der Waals surface area contributed by atoms with E-state index in [-0.39, 0.29) is 0 Å². The summed E-state index contributed by atoms with van der Waals surface area (Å²) in [4.78, 5) is 8.77. The van der Waals surface area contributed by atoms with Crippen molar-refractivity contribution in [2.24, 2.45) is 21.8 Å². The highest BCUT2D eigenvalue weighted by atomic mass is 15.0. The predicted molar refractivity (Wildman–Crippen MR) is 77.9 cm³/mol. The molecule has 2 unspecified atom stereocenters. The van der Waals surface area contributed by atoms with Crippen LogP contribution in [0.4, 0.5) is 0 Å². The third-order valence-corrected chi connectivity index (χ3v) is 3.50. The molecule has 2 atom stereocenters. The average Bonchev–Trinajstić information content (AvgIpc) is 2.90. The molecule has 0 aliphatic carbocycles. The molecule has 0 N–H and O–H groups in total. The summed E-state index contributed by atoms with van der Waals surface area (Å²) in [6.07, 6.45) is 8.05. The van der Waals surface area contributed by atoms with E-state index in [1.807, 2.05) is 0 Å². The van der Waals surface area contributed by atoms with Gasteiger partial charge in [-0.2, -0.15) is 0 Å². The van der Waals surface area contributed by atoms with Crippen molar-refractivity contribution in [3.05, 3.63) is 42.1 Å². The van der Waals surface area contributed by atoms with Crippen molar-refractivity contribution < 1.29 is 0 Å². The van der Waals surface area contributed by atoms with Crippen molar-refractivity contribution in [1.29, 1.82) is 0 Å². The van der Waals surface area contributed by atoms with Crippen molar-refractivity contribution in [1.82, 2.24) is 0 Å². The molecule has 0 radical (unpaired) electrons. The van der Waals surface area contributed by atoms with E-state index in [0.717, 1.165) is 19.0 Å². The van der Waals surface area contributed by atoms with Crippen LogP contribution in [0.1, 0.15) is 32.3 Å². The molecular weight excluding hydrogens is 220 g/mol. The first-order valence-corrected chi connectivity index (χ1v) is 6.78. The van der Waals surface area contributed by atoms with Crippen molar-refractivity contribution in [3.8, 4) is 0 Å². The maximum absolute atomic E-state index is 4.39. The molecule has 0 bridgehead atoms. The molecule has 2 heteroatoms. The van der Waals surface area contributed by atoms with Gasteiger partial charge in [0.1, 0.15) is 0 Å². The first-order chi connectivity index (χ1) is 8.81. The highest BCUT2D eigenvalue weighted by Gasteiger charge is 2.32. The van der Waals surface area contributed by atoms with Gasteiger partial charge in [0.2, 0.25) is 6.17 Å². The third-order valence-electron chi connectivity index (χ3n) is 3.50. The normalized spacial score (nSPS) is 17.1. The zero-order chi connectivity index (χ0) is 12.8. The van der Waals surface area contributed by atoms with Gasteiger partial charge >= 0.3 is 0 Å². The fraction of sp³-hybridized carbons (Fsp3) is 0.438. The van der Waals surface area contributed by atoms with E-state index in [2.05, 4.69) is 54.2 Å². The second-order valence-corrected chi connectivity index (χ2v) is 4.98.